The number of hydrogen-bond acceptors (Lipinski definition) is 5. The third-order valence-corrected chi connectivity index (χ3v) is 5.59. The molecule has 4 nitrogen and oxygen atoms in total. The normalized spacial score (nSPS) is 10.8. The number of aryl methyl sites for hydroxylation is 1. The van der Waals surface area contributed by atoms with Crippen molar-refractivity contribution in [3.8, 4) is 10.8 Å². The van der Waals surface area contributed by atoms with E-state index in [4.69, 9.17) is 4.42 Å². The third kappa shape index (κ3) is 3.71. The van der Waals surface area contributed by atoms with Gasteiger partial charge in [-0.25, -0.2) is 4.98 Å². The Hall–Kier alpha value is -2.05. The van der Waals surface area contributed by atoms with Crippen molar-refractivity contribution >= 4 is 29.0 Å². The van der Waals surface area contributed by atoms with Crippen LogP contribution in [0.25, 0.3) is 10.8 Å². The van der Waals surface area contributed by atoms with Crippen LogP contribution in [0.15, 0.2) is 52.0 Å². The lowest BCUT2D eigenvalue weighted by atomic mass is 10.2. The van der Waals surface area contributed by atoms with E-state index in [1.54, 1.807) is 29.4 Å². The molecule has 3 aromatic rings. The van der Waals surface area contributed by atoms with Crippen LogP contribution in [0.1, 0.15) is 27.9 Å². The number of carbonyl (C=O) groups is 1. The van der Waals surface area contributed by atoms with Crippen LogP contribution in [-0.2, 0) is 6.54 Å². The van der Waals surface area contributed by atoms with Crippen molar-refractivity contribution < 1.29 is 9.21 Å². The molecule has 0 aliphatic heterocycles. The van der Waals surface area contributed by atoms with Crippen LogP contribution in [0.3, 0.4) is 0 Å². The van der Waals surface area contributed by atoms with Crippen LogP contribution >= 0.6 is 23.1 Å². The molecule has 0 aliphatic carbocycles. The van der Waals surface area contributed by atoms with Crippen molar-refractivity contribution in [2.75, 3.05) is 5.75 Å². The van der Waals surface area contributed by atoms with Crippen molar-refractivity contribution in [1.82, 2.24) is 10.3 Å². The molecule has 6 heteroatoms. The van der Waals surface area contributed by atoms with E-state index in [9.17, 15) is 4.79 Å². The Labute approximate surface area is 149 Å². The zero-order valence-electron chi connectivity index (χ0n) is 13.5. The molecular formula is C18H18N2O2S2. The number of aromatic nitrogens is 1. The molecule has 2 aromatic heterocycles. The van der Waals surface area contributed by atoms with Crippen LogP contribution in [0, 0.1) is 6.92 Å². The summed E-state index contributed by atoms with van der Waals surface area (Å²) in [6.07, 6.45) is 1.63. The lowest BCUT2D eigenvalue weighted by molar-refractivity contribution is 0.0948. The summed E-state index contributed by atoms with van der Waals surface area (Å²) in [5, 5.41) is 3.84. The maximum Gasteiger partial charge on any atom is 0.252 e. The molecule has 0 fully saturated rings. The molecule has 0 spiro atoms. The highest BCUT2D eigenvalue weighted by Gasteiger charge is 2.14. The Bertz CT molecular complexity index is 825. The second kappa shape index (κ2) is 7.68. The SMILES string of the molecule is CCSc1ccccc1C(=O)NCc1sc(-c2ccco2)nc1C. The smallest absolute Gasteiger partial charge is 0.252 e. The largest absolute Gasteiger partial charge is 0.462 e. The summed E-state index contributed by atoms with van der Waals surface area (Å²) in [4.78, 5) is 19.1. The zero-order chi connectivity index (χ0) is 16.9. The van der Waals surface area contributed by atoms with E-state index >= 15 is 0 Å². The first-order valence-electron chi connectivity index (χ1n) is 7.69. The molecule has 0 radical (unpaired) electrons. The Balaban J connectivity index is 1.71. The van der Waals surface area contributed by atoms with Gasteiger partial charge in [-0.3, -0.25) is 4.79 Å². The van der Waals surface area contributed by atoms with Crippen LogP contribution in [-0.4, -0.2) is 16.6 Å². The molecule has 1 amide bonds. The number of amides is 1. The van der Waals surface area contributed by atoms with E-state index in [0.717, 1.165) is 37.6 Å². The number of thioether (sulfide) groups is 1. The second-order valence-corrected chi connectivity index (χ2v) is 7.51. The van der Waals surface area contributed by atoms with Crippen LogP contribution in [0.2, 0.25) is 0 Å². The summed E-state index contributed by atoms with van der Waals surface area (Å²) >= 11 is 3.22. The summed E-state index contributed by atoms with van der Waals surface area (Å²) in [6.45, 7) is 4.50. The molecule has 2 heterocycles. The number of carbonyl (C=O) groups excluding carboxylic acids is 1. The maximum atomic E-state index is 12.5. The Kier molecular flexibility index (Phi) is 5.37. The fraction of sp³-hybridized carbons (Fsp3) is 0.222. The molecule has 24 heavy (non-hydrogen) atoms. The van der Waals surface area contributed by atoms with Gasteiger partial charge in [0, 0.05) is 9.77 Å². The Morgan fingerprint density at radius 3 is 2.88 bits per heavy atom. The highest BCUT2D eigenvalue weighted by Crippen LogP contribution is 2.28. The number of nitrogens with zero attached hydrogens (tertiary/aromatic N) is 1. The minimum Gasteiger partial charge on any atom is -0.462 e. The molecule has 0 unspecified atom stereocenters. The first kappa shape index (κ1) is 16.8. The molecule has 3 rings (SSSR count). The Morgan fingerprint density at radius 2 is 2.12 bits per heavy atom. The van der Waals surface area contributed by atoms with Gasteiger partial charge in [0.2, 0.25) is 0 Å². The van der Waals surface area contributed by atoms with Gasteiger partial charge in [0.25, 0.3) is 5.91 Å². The van der Waals surface area contributed by atoms with Crippen LogP contribution in [0.4, 0.5) is 0 Å². The summed E-state index contributed by atoms with van der Waals surface area (Å²) in [5.74, 6) is 1.63. The summed E-state index contributed by atoms with van der Waals surface area (Å²) in [5.41, 5.74) is 1.64. The predicted molar refractivity (Wildman–Crippen MR) is 98.6 cm³/mol. The highest BCUT2D eigenvalue weighted by atomic mass is 32.2. The molecule has 1 aromatic carbocycles. The zero-order valence-corrected chi connectivity index (χ0v) is 15.2. The average Bonchev–Trinajstić information content (AvgIpc) is 3.23. The van der Waals surface area contributed by atoms with Crippen LogP contribution in [0.5, 0.6) is 0 Å². The molecule has 0 saturated heterocycles. The van der Waals surface area contributed by atoms with E-state index < -0.39 is 0 Å². The topological polar surface area (TPSA) is 55.1 Å². The van der Waals surface area contributed by atoms with Gasteiger partial charge in [0.1, 0.15) is 0 Å². The van der Waals surface area contributed by atoms with Crippen molar-refractivity contribution in [1.29, 1.82) is 0 Å². The lowest BCUT2D eigenvalue weighted by Crippen LogP contribution is -2.23. The predicted octanol–water partition coefficient (Wildman–Crippen LogP) is 4.75. The fourth-order valence-corrected chi connectivity index (χ4v) is 4.06. The molecule has 0 aliphatic rings. The first-order valence-corrected chi connectivity index (χ1v) is 9.49. The quantitative estimate of drug-likeness (QED) is 0.646. The van der Waals surface area contributed by atoms with Crippen molar-refractivity contribution in [2.45, 2.75) is 25.3 Å². The van der Waals surface area contributed by atoms with Crippen LogP contribution < -0.4 is 5.32 Å². The summed E-state index contributed by atoms with van der Waals surface area (Å²) in [6, 6.07) is 11.4. The molecule has 124 valence electrons. The number of hydrogen-bond donors (Lipinski definition) is 1. The molecule has 1 N–H and O–H groups in total. The van der Waals surface area contributed by atoms with Gasteiger partial charge in [-0.1, -0.05) is 19.1 Å². The lowest BCUT2D eigenvalue weighted by Gasteiger charge is -2.08. The minimum atomic E-state index is -0.0566. The summed E-state index contributed by atoms with van der Waals surface area (Å²) in [7, 11) is 0. The Morgan fingerprint density at radius 1 is 1.29 bits per heavy atom. The van der Waals surface area contributed by atoms with Gasteiger partial charge in [-0.05, 0) is 36.9 Å². The number of furan rings is 1. The van der Waals surface area contributed by atoms with E-state index in [-0.39, 0.29) is 5.91 Å². The van der Waals surface area contributed by atoms with E-state index in [1.807, 2.05) is 43.3 Å². The number of nitrogens with one attached hydrogen (secondary N) is 1. The maximum absolute atomic E-state index is 12.5. The third-order valence-electron chi connectivity index (χ3n) is 3.47. The summed E-state index contributed by atoms with van der Waals surface area (Å²) < 4.78 is 5.38. The van der Waals surface area contributed by atoms with Gasteiger partial charge < -0.3 is 9.73 Å². The number of thiazole rings is 1. The van der Waals surface area contributed by atoms with E-state index in [2.05, 4.69) is 17.2 Å². The average molecular weight is 358 g/mol. The molecule has 0 bridgehead atoms. The van der Waals surface area contributed by atoms with E-state index in [0.29, 0.717) is 6.54 Å². The van der Waals surface area contributed by atoms with E-state index in [1.165, 1.54) is 0 Å². The van der Waals surface area contributed by atoms with Crippen molar-refractivity contribution in [3.63, 3.8) is 0 Å². The monoisotopic (exact) mass is 358 g/mol. The van der Waals surface area contributed by atoms with Gasteiger partial charge in [-0.15, -0.1) is 23.1 Å². The fourth-order valence-electron chi connectivity index (χ4n) is 2.29. The standard InChI is InChI=1S/C18H18N2O2S2/c1-3-23-15-9-5-4-7-13(15)17(21)19-11-16-12(2)20-18(24-16)14-8-6-10-22-14/h4-10H,3,11H2,1-2H3,(H,19,21). The van der Waals surface area contributed by atoms with Gasteiger partial charge in [-0.2, -0.15) is 0 Å². The second-order valence-electron chi connectivity index (χ2n) is 5.12. The van der Waals surface area contributed by atoms with Gasteiger partial charge >= 0.3 is 0 Å². The first-order chi connectivity index (χ1) is 11.7. The molecule has 0 atom stereocenters. The molecule has 0 saturated carbocycles. The number of rotatable bonds is 6. The highest BCUT2D eigenvalue weighted by molar-refractivity contribution is 7.99. The van der Waals surface area contributed by atoms with Gasteiger partial charge in [0.15, 0.2) is 10.8 Å². The minimum absolute atomic E-state index is 0.0566. The van der Waals surface area contributed by atoms with Crippen molar-refractivity contribution in [3.05, 3.63) is 58.8 Å². The number of benzene rings is 1. The van der Waals surface area contributed by atoms with Gasteiger partial charge in [0.05, 0.1) is 24.1 Å². The van der Waals surface area contributed by atoms with Crippen molar-refractivity contribution in [2.24, 2.45) is 0 Å². The molecular weight excluding hydrogens is 340 g/mol.